The van der Waals surface area contributed by atoms with Crippen LogP contribution in [0.3, 0.4) is 0 Å². The van der Waals surface area contributed by atoms with Gasteiger partial charge in [-0.1, -0.05) is 232 Å². The number of aliphatic imine (C=N–C) groups is 1. The molecule has 0 bridgehead atoms. The van der Waals surface area contributed by atoms with E-state index in [9.17, 15) is 0 Å². The highest BCUT2D eigenvalue weighted by atomic mass is 16.3. The summed E-state index contributed by atoms with van der Waals surface area (Å²) in [4.78, 5) is 4.14. The number of fused-ring (bicyclic) bond motifs is 3. The molecule has 0 saturated heterocycles. The second kappa shape index (κ2) is 18.7. The zero-order chi connectivity index (χ0) is 45.7. The molecule has 9 aromatic carbocycles. The molecular weight excluding hydrogens is 813 g/mol. The Morgan fingerprint density at radius 2 is 0.970 bits per heavy atom. The first-order valence-electron chi connectivity index (χ1n) is 22.3. The second-order valence-electron chi connectivity index (χ2n) is 16.4. The largest absolute Gasteiger partial charge is 0.455 e. The van der Waals surface area contributed by atoms with Crippen LogP contribution in [-0.4, -0.2) is 12.4 Å². The minimum Gasteiger partial charge on any atom is -0.455 e. The molecule has 0 aliphatic heterocycles. The first-order chi connectivity index (χ1) is 33.0. The molecule has 0 fully saturated rings. The van der Waals surface area contributed by atoms with Crippen molar-refractivity contribution < 1.29 is 4.42 Å². The highest BCUT2D eigenvalue weighted by Gasteiger charge is 2.27. The van der Waals surface area contributed by atoms with Crippen LogP contribution in [0.25, 0.3) is 101 Å². The Bertz CT molecular complexity index is 3570. The fourth-order valence-corrected chi connectivity index (χ4v) is 9.26. The third-order valence-electron chi connectivity index (χ3n) is 12.4. The lowest BCUT2D eigenvalue weighted by molar-refractivity contribution is 0.574. The van der Waals surface area contributed by atoms with Crippen LogP contribution in [0.15, 0.2) is 241 Å². The van der Waals surface area contributed by atoms with E-state index in [2.05, 4.69) is 189 Å². The molecule has 1 aromatic heterocycles. The van der Waals surface area contributed by atoms with E-state index < -0.39 is 0 Å². The Morgan fingerprint density at radius 1 is 0.478 bits per heavy atom. The molecule has 3 nitrogen and oxygen atoms in total. The van der Waals surface area contributed by atoms with Crippen molar-refractivity contribution in [3.63, 3.8) is 0 Å². The van der Waals surface area contributed by atoms with Crippen molar-refractivity contribution >= 4 is 74.2 Å². The Labute approximate surface area is 391 Å². The van der Waals surface area contributed by atoms with Gasteiger partial charge in [-0.25, -0.2) is 0 Å². The predicted octanol–water partition coefficient (Wildman–Crippen LogP) is 17.7. The lowest BCUT2D eigenvalue weighted by Gasteiger charge is -2.17. The zero-order valence-electron chi connectivity index (χ0n) is 37.0. The summed E-state index contributed by atoms with van der Waals surface area (Å²) in [6.45, 7) is 12.1. The summed E-state index contributed by atoms with van der Waals surface area (Å²) in [6.07, 6.45) is 13.7. The molecule has 0 atom stereocenters. The van der Waals surface area contributed by atoms with Crippen molar-refractivity contribution in [2.24, 2.45) is 4.99 Å². The summed E-state index contributed by atoms with van der Waals surface area (Å²) in [5.41, 5.74) is 13.3. The van der Waals surface area contributed by atoms with Gasteiger partial charge in [0.25, 0.3) is 0 Å². The van der Waals surface area contributed by atoms with Gasteiger partial charge in [0.15, 0.2) is 0 Å². The molecule has 0 aliphatic rings. The average molecular weight is 859 g/mol. The minimum atomic E-state index is 0.405. The summed E-state index contributed by atoms with van der Waals surface area (Å²) >= 11 is 0. The highest BCUT2D eigenvalue weighted by molar-refractivity contribution is 6.22. The third kappa shape index (κ3) is 8.12. The normalized spacial score (nSPS) is 11.6. The zero-order valence-corrected chi connectivity index (χ0v) is 37.0. The van der Waals surface area contributed by atoms with Crippen LogP contribution in [0.1, 0.15) is 28.0 Å². The molecule has 67 heavy (non-hydrogen) atoms. The number of benzene rings is 9. The van der Waals surface area contributed by atoms with Crippen LogP contribution in [0.4, 0.5) is 5.69 Å². The Kier molecular flexibility index (Phi) is 11.7. The molecule has 0 spiro atoms. The maximum atomic E-state index is 9.07. The molecule has 3 heteroatoms. The molecular formula is C64H46N2O. The summed E-state index contributed by atoms with van der Waals surface area (Å²) < 4.78 is 7.28. The van der Waals surface area contributed by atoms with Crippen LogP contribution in [-0.2, 0) is 0 Å². The van der Waals surface area contributed by atoms with Gasteiger partial charge >= 0.3 is 0 Å². The van der Waals surface area contributed by atoms with Gasteiger partial charge in [-0.05, 0) is 102 Å². The van der Waals surface area contributed by atoms with E-state index in [4.69, 9.17) is 9.83 Å². The highest BCUT2D eigenvalue weighted by Crippen LogP contribution is 2.51. The second-order valence-corrected chi connectivity index (χ2v) is 16.4. The van der Waals surface area contributed by atoms with Gasteiger partial charge in [0, 0.05) is 22.3 Å². The molecule has 10 aromatic rings. The molecule has 0 saturated carbocycles. The van der Waals surface area contributed by atoms with E-state index >= 15 is 0 Å². The summed E-state index contributed by atoms with van der Waals surface area (Å²) in [6, 6.07) is 67.4. The van der Waals surface area contributed by atoms with Crippen LogP contribution in [0.2, 0.25) is 0 Å². The van der Waals surface area contributed by atoms with Crippen molar-refractivity contribution in [3.8, 4) is 44.7 Å². The number of nitrogens with one attached hydrogen (secondary N) is 1. The molecule has 0 aliphatic carbocycles. The lowest BCUT2D eigenvalue weighted by Crippen LogP contribution is -1.97. The predicted molar refractivity (Wildman–Crippen MR) is 288 cm³/mol. The average Bonchev–Trinajstić information content (AvgIpc) is 3.77. The lowest BCUT2D eigenvalue weighted by atomic mass is 9.85. The van der Waals surface area contributed by atoms with E-state index in [-0.39, 0.29) is 0 Å². The van der Waals surface area contributed by atoms with Gasteiger partial charge in [-0.15, -0.1) is 0 Å². The molecule has 10 rings (SSSR count). The third-order valence-corrected chi connectivity index (χ3v) is 12.4. The molecule has 1 heterocycles. The molecule has 0 unspecified atom stereocenters. The van der Waals surface area contributed by atoms with Crippen LogP contribution in [0, 0.1) is 5.41 Å². The Hall–Kier alpha value is -8.92. The minimum absolute atomic E-state index is 0.405. The number of hydrogen-bond acceptors (Lipinski definition) is 3. The van der Waals surface area contributed by atoms with E-state index in [0.717, 1.165) is 94.4 Å². The van der Waals surface area contributed by atoms with Crippen molar-refractivity contribution in [2.45, 2.75) is 0 Å². The Balaban J connectivity index is 1.05. The maximum Gasteiger partial charge on any atom is 0.144 e. The molecule has 318 valence electrons. The van der Waals surface area contributed by atoms with Crippen molar-refractivity contribution in [1.82, 2.24) is 0 Å². The molecule has 0 radical (unpaired) electrons. The van der Waals surface area contributed by atoms with E-state index in [1.54, 1.807) is 6.08 Å². The van der Waals surface area contributed by atoms with E-state index in [1.807, 2.05) is 66.8 Å². The van der Waals surface area contributed by atoms with Gasteiger partial charge in [-0.2, -0.15) is 0 Å². The summed E-state index contributed by atoms with van der Waals surface area (Å²) in [5.74, 6) is 1.58. The van der Waals surface area contributed by atoms with Crippen LogP contribution in [0.5, 0.6) is 0 Å². The Morgan fingerprint density at radius 3 is 1.54 bits per heavy atom. The maximum absolute atomic E-state index is 9.07. The molecule has 0 amide bonds. The van der Waals surface area contributed by atoms with Gasteiger partial charge < -0.3 is 9.83 Å². The monoisotopic (exact) mass is 858 g/mol. The molecule has 1 N–H and O–H groups in total. The summed E-state index contributed by atoms with van der Waals surface area (Å²) in [7, 11) is 0. The van der Waals surface area contributed by atoms with Gasteiger partial charge in [0.1, 0.15) is 11.5 Å². The number of allylic oxidation sites excluding steroid dienone is 5. The fourth-order valence-electron chi connectivity index (χ4n) is 9.26. The van der Waals surface area contributed by atoms with Gasteiger partial charge in [-0.3, -0.25) is 4.99 Å². The number of nitrogens with zero attached hydrogens (tertiary/aromatic N) is 1. The number of furan rings is 1. The number of hydrogen-bond donors (Lipinski definition) is 1. The summed E-state index contributed by atoms with van der Waals surface area (Å²) in [5, 5.41) is 15.7. The number of rotatable bonds is 13. The van der Waals surface area contributed by atoms with Crippen LogP contribution < -0.4 is 0 Å². The fraction of sp³-hybridized carbons (Fsp3) is 0. The smallest absolute Gasteiger partial charge is 0.144 e. The van der Waals surface area contributed by atoms with E-state index in [0.29, 0.717) is 5.71 Å². The quantitative estimate of drug-likeness (QED) is 0.0701. The standard InChI is InChI=1S/C64H46N2O/c1-4-45-38-36-44(42-58(45)66-3)37-41-57(65)52-40-39-49(50-29-15-16-30-51(50)52)43(2)22-14-21-35-59-61(47-25-10-6-11-26-47)62(48-27-12-7-13-28-48)64(67-59)63-55-33-19-17-31-53(55)60(46-23-8-5-9-24-46)54-32-18-20-34-56(54)63/h4-42,65H,1-3H2/b22-14-,35-21+,41-37-,65-57?. The van der Waals surface area contributed by atoms with Crippen LogP contribution >= 0.6 is 0 Å². The first-order valence-corrected chi connectivity index (χ1v) is 22.3. The first kappa shape index (κ1) is 42.1. The topological polar surface area (TPSA) is 49.4 Å². The van der Waals surface area contributed by atoms with Crippen molar-refractivity contribution in [3.05, 3.63) is 260 Å². The van der Waals surface area contributed by atoms with Crippen molar-refractivity contribution in [2.75, 3.05) is 0 Å². The SMILES string of the molecule is C=Cc1ccc(/C=C\C(=N)c2ccc(C(=C)/C=C\C=C\c3oc(-c4c5ccccc5c(-c5ccccc5)c5ccccc45)c(-c4ccccc4)c3-c3ccccc3)c3ccccc23)cc1N=C. The van der Waals surface area contributed by atoms with Crippen molar-refractivity contribution in [1.29, 1.82) is 5.41 Å². The van der Waals surface area contributed by atoms with Gasteiger partial charge in [0.2, 0.25) is 0 Å². The van der Waals surface area contributed by atoms with Gasteiger partial charge in [0.05, 0.1) is 11.4 Å². The van der Waals surface area contributed by atoms with E-state index in [1.165, 1.54) is 21.9 Å².